The van der Waals surface area contributed by atoms with Crippen LogP contribution < -0.4 is 20.8 Å². The van der Waals surface area contributed by atoms with E-state index in [-0.39, 0.29) is 81.1 Å². The van der Waals surface area contributed by atoms with Crippen molar-refractivity contribution in [3.63, 3.8) is 0 Å². The summed E-state index contributed by atoms with van der Waals surface area (Å²) in [5.74, 6) is -11.5. The number of likely N-dealkylation sites (N-methyl/N-ethyl adjacent to an activating group) is 1. The monoisotopic (exact) mass is 1580 g/mol. The number of phenolic OH excluding ortho intramolecular Hbond substituents is 2. The quantitative estimate of drug-likeness (QED) is 0.0843. The molecule has 29 heteroatoms. The predicted molar refractivity (Wildman–Crippen MR) is 414 cm³/mol. The molecule has 4 saturated heterocycles. The van der Waals surface area contributed by atoms with E-state index in [1.165, 1.54) is 55.1 Å². The first kappa shape index (κ1) is 91.4. The molecule has 27 atom stereocenters. The molecule has 112 heavy (non-hydrogen) atoms. The first-order valence-electron chi connectivity index (χ1n) is 39.7. The summed E-state index contributed by atoms with van der Waals surface area (Å²) in [5.41, 5.74) is -4.95. The number of allylic oxidation sites excluding steroid dienone is 2. The van der Waals surface area contributed by atoms with Crippen molar-refractivity contribution in [1.29, 1.82) is 0 Å². The molecule has 7 aliphatic rings. The maximum absolute atomic E-state index is 14.7. The van der Waals surface area contributed by atoms with Gasteiger partial charge in [0.05, 0.1) is 88.9 Å². The second kappa shape index (κ2) is 36.2. The molecule has 1 spiro atoms. The first-order chi connectivity index (χ1) is 52.1. The van der Waals surface area contributed by atoms with Crippen LogP contribution in [0, 0.1) is 60.2 Å². The summed E-state index contributed by atoms with van der Waals surface area (Å²) in [5, 5.41) is 108. The number of phenols is 2. The van der Waals surface area contributed by atoms with Crippen molar-refractivity contribution >= 4 is 45.9 Å². The summed E-state index contributed by atoms with van der Waals surface area (Å²) in [6.45, 7) is 35.9. The average Bonchev–Trinajstić information content (AvgIpc) is 1.52. The molecule has 0 aliphatic carbocycles. The molecule has 7 heterocycles. The number of amides is 1. The molecule has 630 valence electrons. The number of aliphatic hydroxyl groups is 7. The summed E-state index contributed by atoms with van der Waals surface area (Å²) in [6.07, 6.45) is -4.64. The highest BCUT2D eigenvalue weighted by Crippen LogP contribution is 2.52. The van der Waals surface area contributed by atoms with Gasteiger partial charge in [0.25, 0.3) is 11.7 Å². The van der Waals surface area contributed by atoms with E-state index in [1.807, 2.05) is 25.9 Å². The number of piperidine rings is 1. The van der Waals surface area contributed by atoms with Gasteiger partial charge in [-0.1, -0.05) is 87.5 Å². The van der Waals surface area contributed by atoms with Gasteiger partial charge >= 0.3 is 17.7 Å². The SMILES string of the molecule is CC[C@H]1OC(=O)[C@H](C)[C@@H](O[C@H]2C[C@@](C)(OC)[C@@H](O)[C@H](C)O2)[C@H](C)[C@@H](O[C@@H]2O[C@H](C)C[C@H](N(C)C)[C@H]2O)[C@](C)(O)C[C@@H](C)C(=O)[C@H](C)[C@@H](O)[C@]1(C)O.CO[C@H]1/C=C/O[C@@]2(C)Oc3c(C)c(O)c4c(O)c(c5c(c4c3C2=O)NC2(CCN(CC(C)C)CC2)N=5)=NC(=O)/C(C)=C\C=C\[C@H](C)[C@H](O)[C@@H](C)[C@@H](O)[C@@H](C)[C@H](OC(C)=O)[C@@H]1C. The Balaban J connectivity index is 0.000000286. The number of nitrogens with one attached hydrogen (secondary N) is 1. The number of fused-ring (bicyclic) bond motifs is 1. The van der Waals surface area contributed by atoms with Crippen molar-refractivity contribution in [3.8, 4) is 17.2 Å². The van der Waals surface area contributed by atoms with Crippen molar-refractivity contribution in [2.45, 2.75) is 297 Å². The normalized spacial score (nSPS) is 40.4. The molecule has 29 nitrogen and oxygen atoms in total. The Morgan fingerprint density at radius 1 is 0.777 bits per heavy atom. The number of carbonyl (C=O) groups is 5. The topological polar surface area (TPSA) is 403 Å². The lowest BCUT2D eigenvalue weighted by atomic mass is 9.74. The molecule has 9 rings (SSSR count). The Kier molecular flexibility index (Phi) is 29.5. The Bertz CT molecular complexity index is 3930. The lowest BCUT2D eigenvalue weighted by Gasteiger charge is -2.49. The average molecular weight is 1580 g/mol. The number of aliphatic hydroxyl groups excluding tert-OH is 5. The van der Waals surface area contributed by atoms with Crippen LogP contribution in [0.25, 0.3) is 10.8 Å². The molecule has 0 saturated carbocycles. The van der Waals surface area contributed by atoms with E-state index >= 15 is 0 Å². The van der Waals surface area contributed by atoms with E-state index in [1.54, 1.807) is 107 Å². The van der Waals surface area contributed by atoms with E-state index in [2.05, 4.69) is 29.1 Å². The Hall–Kier alpha value is -6.13. The van der Waals surface area contributed by atoms with Crippen molar-refractivity contribution in [3.05, 3.63) is 58.0 Å². The highest BCUT2D eigenvalue weighted by Gasteiger charge is 2.56. The van der Waals surface area contributed by atoms with Crippen LogP contribution >= 0.6 is 0 Å². The number of Topliss-reactive ketones (excluding diaryl/α,β-unsaturated/α-hetero) is 2. The van der Waals surface area contributed by atoms with Crippen molar-refractivity contribution in [2.75, 3.05) is 53.3 Å². The van der Waals surface area contributed by atoms with E-state index in [4.69, 9.17) is 52.4 Å². The number of hydrogen-bond donors (Lipinski definition) is 10. The van der Waals surface area contributed by atoms with Crippen LogP contribution in [0.5, 0.6) is 17.2 Å². The number of nitrogens with zero attached hydrogens (tertiary/aromatic N) is 4. The minimum Gasteiger partial charge on any atom is -0.507 e. The molecule has 0 radical (unpaired) electrons. The molecule has 2 aromatic rings. The molecule has 2 aromatic carbocycles. The van der Waals surface area contributed by atoms with Gasteiger partial charge in [0.2, 0.25) is 0 Å². The van der Waals surface area contributed by atoms with Gasteiger partial charge in [0.1, 0.15) is 63.7 Å². The fourth-order valence-corrected chi connectivity index (χ4v) is 17.6. The standard InChI is InChI=1S/C46H62N4O11.C37H67NO13/c1-22(2)21-50-18-16-46(17-19-50)48-34-31-32-39(54)28(8)42-33(31)43(56)45(10,61-42)59-20-15-30(58-11)25(5)41(60-29(9)51)27(7)38(53)26(6)37(52)23(3)13-12-14-24(4)44(57)47-36(40(32)55)35(34)49-46;1-14-25-37(10,45)30(41)20(4)27(39)18(2)16-35(8,44)32(51-34-28(40)24(38(11)12)15-19(3)47-34)21(5)29(22(6)33(43)49-25)50-26-17-36(9,46-13)31(42)23(7)48-26/h12-15,20,22-23,25-27,30,37-38,41,48,52-55H,16-19,21H2,1-11H3;18-26,28-32,34,40-42,44-45H,14-17H2,1-13H3/b13-12+,20-15+,24-14-,47-36?;/t23-,25+,26+,27+,30-,37-,38+,41+,45-;18-,19-,20+,21+,22-,23+,24+,25-,26+,28-,29+,30-,31+,32-,34+,35-,36-,37-/m01/s1. The Labute approximate surface area is 659 Å². The number of rotatable bonds is 11. The number of ketones is 2. The minimum absolute atomic E-state index is 0.0538. The van der Waals surface area contributed by atoms with Crippen LogP contribution in [0.4, 0.5) is 5.69 Å². The maximum atomic E-state index is 14.7. The maximum Gasteiger partial charge on any atom is 0.312 e. The number of ether oxygens (including phenoxy) is 10. The number of hydrogen-bond acceptors (Lipinski definition) is 28. The number of benzene rings is 2. The molecule has 0 unspecified atom stereocenters. The molecule has 0 aromatic heterocycles. The number of likely N-dealkylation sites (tertiary alicyclic amines) is 1. The van der Waals surface area contributed by atoms with Gasteiger partial charge in [-0.15, -0.1) is 0 Å². The van der Waals surface area contributed by atoms with Crippen molar-refractivity contribution < 1.29 is 117 Å². The van der Waals surface area contributed by atoms with Crippen molar-refractivity contribution in [1.82, 2.24) is 9.80 Å². The number of methoxy groups -OCH3 is 2. The third-order valence-corrected chi connectivity index (χ3v) is 24.7. The zero-order chi connectivity index (χ0) is 83.8. The van der Waals surface area contributed by atoms with Gasteiger partial charge in [-0.2, -0.15) is 0 Å². The second-order valence-corrected chi connectivity index (χ2v) is 34.5. The third-order valence-electron chi connectivity index (χ3n) is 24.7. The van der Waals surface area contributed by atoms with E-state index in [0.717, 1.165) is 19.6 Å². The lowest BCUT2D eigenvalue weighted by Crippen LogP contribution is -2.61. The Morgan fingerprint density at radius 2 is 1.42 bits per heavy atom. The van der Waals surface area contributed by atoms with Crippen LogP contribution in [0.2, 0.25) is 0 Å². The van der Waals surface area contributed by atoms with Gasteiger partial charge in [-0.25, -0.2) is 4.99 Å². The first-order valence-corrected chi connectivity index (χ1v) is 39.7. The number of anilines is 1. The van der Waals surface area contributed by atoms with E-state index in [0.29, 0.717) is 30.9 Å². The third kappa shape index (κ3) is 18.9. The summed E-state index contributed by atoms with van der Waals surface area (Å²) >= 11 is 0. The fraction of sp³-hybridized carbons (Fsp3) is 0.747. The van der Waals surface area contributed by atoms with Gasteiger partial charge in [0, 0.05) is 131 Å². The number of carbonyl (C=O) groups excluding carboxylic acids is 5. The van der Waals surface area contributed by atoms with Crippen LogP contribution in [0.15, 0.2) is 46.1 Å². The van der Waals surface area contributed by atoms with Crippen LogP contribution in [0.3, 0.4) is 0 Å². The van der Waals surface area contributed by atoms with Crippen LogP contribution in [-0.4, -0.2) is 253 Å². The molecule has 4 bridgehead atoms. The molecule has 10 N–H and O–H groups in total. The number of aromatic hydroxyl groups is 2. The van der Waals surface area contributed by atoms with Gasteiger partial charge in [-0.05, 0) is 101 Å². The lowest BCUT2D eigenvalue weighted by molar-refractivity contribution is -0.318. The van der Waals surface area contributed by atoms with Crippen LogP contribution in [0.1, 0.15) is 186 Å². The summed E-state index contributed by atoms with van der Waals surface area (Å²) in [6, 6.07) is -0.324. The molecule has 1 amide bonds. The summed E-state index contributed by atoms with van der Waals surface area (Å²) in [7, 11) is 6.64. The molecular weight excluding hydrogens is 1450 g/mol. The molecule has 4 fully saturated rings. The van der Waals surface area contributed by atoms with E-state index in [9.17, 15) is 69.9 Å². The van der Waals surface area contributed by atoms with Crippen molar-refractivity contribution in [2.24, 2.45) is 63.2 Å². The summed E-state index contributed by atoms with van der Waals surface area (Å²) < 4.78 is 61.0. The number of esters is 2. The van der Waals surface area contributed by atoms with Gasteiger partial charge in [-0.3, -0.25) is 29.0 Å². The van der Waals surface area contributed by atoms with Gasteiger partial charge in [0.15, 0.2) is 18.3 Å². The van der Waals surface area contributed by atoms with E-state index < -0.39 is 190 Å². The highest BCUT2D eigenvalue weighted by atomic mass is 16.7. The minimum atomic E-state index is -1.99. The predicted octanol–water partition coefficient (Wildman–Crippen LogP) is 6.54. The number of cyclic esters (lactones) is 1. The Morgan fingerprint density at radius 3 is 2.01 bits per heavy atom. The van der Waals surface area contributed by atoms with Gasteiger partial charge < -0.3 is 108 Å². The second-order valence-electron chi connectivity index (χ2n) is 34.5. The summed E-state index contributed by atoms with van der Waals surface area (Å²) in [4.78, 5) is 82.6. The highest BCUT2D eigenvalue weighted by molar-refractivity contribution is 6.21. The fourth-order valence-electron chi connectivity index (χ4n) is 17.6. The molecular formula is C83H129N5O24. The largest absolute Gasteiger partial charge is 0.507 e. The zero-order valence-electron chi connectivity index (χ0n) is 70.0. The zero-order valence-corrected chi connectivity index (χ0v) is 70.0. The van der Waals surface area contributed by atoms with Crippen LogP contribution in [-0.2, 0) is 61.8 Å². The smallest absolute Gasteiger partial charge is 0.312 e. The molecule has 7 aliphatic heterocycles.